The van der Waals surface area contributed by atoms with Crippen LogP contribution in [0.3, 0.4) is 0 Å². The van der Waals surface area contributed by atoms with E-state index in [4.69, 9.17) is 11.6 Å². The second-order valence-electron chi connectivity index (χ2n) is 6.14. The number of imide groups is 1. The van der Waals surface area contributed by atoms with Crippen LogP contribution in [0.15, 0.2) is 58.9 Å². The predicted molar refractivity (Wildman–Crippen MR) is 93.1 cm³/mol. The molecule has 0 N–H and O–H groups in total. The maximum absolute atomic E-state index is 12.9. The average Bonchev–Trinajstić information content (AvgIpc) is 3.12. The monoisotopic (exact) mass is 354 g/mol. The second-order valence-corrected chi connectivity index (χ2v) is 6.55. The molecule has 7 heteroatoms. The first kappa shape index (κ1) is 15.8. The van der Waals surface area contributed by atoms with Crippen molar-refractivity contribution >= 4 is 29.1 Å². The summed E-state index contributed by atoms with van der Waals surface area (Å²) in [5.41, 5.74) is 2.54. The van der Waals surface area contributed by atoms with Crippen molar-refractivity contribution in [1.29, 1.82) is 0 Å². The fourth-order valence-corrected chi connectivity index (χ4v) is 3.33. The zero-order valence-electron chi connectivity index (χ0n) is 13.5. The molecule has 0 aromatic heterocycles. The van der Waals surface area contributed by atoms with Crippen molar-refractivity contribution in [2.75, 3.05) is 4.90 Å². The van der Waals surface area contributed by atoms with Gasteiger partial charge in [-0.2, -0.15) is 5.11 Å². The summed E-state index contributed by atoms with van der Waals surface area (Å²) >= 11 is 6.16. The Morgan fingerprint density at radius 3 is 2.48 bits per heavy atom. The van der Waals surface area contributed by atoms with Crippen molar-refractivity contribution in [1.82, 2.24) is 5.01 Å². The lowest BCUT2D eigenvalue weighted by Gasteiger charge is -2.21. The molecule has 0 aliphatic carbocycles. The first-order valence-corrected chi connectivity index (χ1v) is 8.29. The van der Waals surface area contributed by atoms with Gasteiger partial charge in [0.25, 0.3) is 11.8 Å². The maximum Gasteiger partial charge on any atom is 0.263 e. The highest BCUT2D eigenvalue weighted by atomic mass is 35.5. The normalized spacial score (nSPS) is 22.0. The van der Waals surface area contributed by atoms with Crippen molar-refractivity contribution in [2.45, 2.75) is 25.6 Å². The smallest absolute Gasteiger partial charge is 0.263 e. The van der Waals surface area contributed by atoms with Crippen molar-refractivity contribution in [2.24, 2.45) is 10.3 Å². The standard InChI is InChI=1S/C18H15ClN4O2/c1-11-6-8-12(9-7-11)10-22-16-15(20-21-22)17(24)23(18(16)25)14-5-3-2-4-13(14)19/h2-9,15-16H,10H2,1H3/t15-,16+/m0/s1. The van der Waals surface area contributed by atoms with E-state index in [-0.39, 0.29) is 5.91 Å². The van der Waals surface area contributed by atoms with Gasteiger partial charge in [0.1, 0.15) is 0 Å². The summed E-state index contributed by atoms with van der Waals surface area (Å²) in [5, 5.41) is 10.0. The van der Waals surface area contributed by atoms with Crippen molar-refractivity contribution in [3.63, 3.8) is 0 Å². The number of carbonyl (C=O) groups is 2. The van der Waals surface area contributed by atoms with E-state index >= 15 is 0 Å². The van der Waals surface area contributed by atoms with Crippen LogP contribution in [0.1, 0.15) is 11.1 Å². The molecule has 1 fully saturated rings. The van der Waals surface area contributed by atoms with Crippen molar-refractivity contribution in [3.8, 4) is 0 Å². The number of carbonyl (C=O) groups excluding carboxylic acids is 2. The Morgan fingerprint density at radius 2 is 1.76 bits per heavy atom. The number of hydrogen-bond donors (Lipinski definition) is 0. The Bertz CT molecular complexity index is 881. The highest BCUT2D eigenvalue weighted by molar-refractivity contribution is 6.36. The Kier molecular flexibility index (Phi) is 3.77. The van der Waals surface area contributed by atoms with Gasteiger partial charge in [-0.25, -0.2) is 4.90 Å². The molecule has 1 saturated heterocycles. The van der Waals surface area contributed by atoms with Gasteiger partial charge in [-0.15, -0.1) is 0 Å². The zero-order chi connectivity index (χ0) is 17.6. The summed E-state index contributed by atoms with van der Waals surface area (Å²) in [5.74, 6) is -0.738. The molecule has 0 spiro atoms. The fraction of sp³-hybridized carbons (Fsp3) is 0.222. The SMILES string of the molecule is Cc1ccc(CN2N=N[C@@H]3C(=O)N(c4ccccc4Cl)C(=O)[C@@H]32)cc1. The molecule has 2 heterocycles. The van der Waals surface area contributed by atoms with Crippen LogP contribution in [0.25, 0.3) is 0 Å². The Hall–Kier alpha value is -2.73. The molecule has 0 saturated carbocycles. The van der Waals surface area contributed by atoms with E-state index in [0.29, 0.717) is 17.3 Å². The summed E-state index contributed by atoms with van der Waals surface area (Å²) in [6.45, 7) is 2.43. The molecule has 2 aliphatic rings. The molecule has 4 rings (SSSR count). The number of nitrogens with zero attached hydrogens (tertiary/aromatic N) is 4. The number of benzene rings is 2. The minimum Gasteiger partial charge on any atom is -0.271 e. The third-order valence-electron chi connectivity index (χ3n) is 4.42. The molecule has 25 heavy (non-hydrogen) atoms. The molecule has 0 radical (unpaired) electrons. The van der Waals surface area contributed by atoms with Crippen molar-refractivity contribution < 1.29 is 9.59 Å². The average molecular weight is 355 g/mol. The molecule has 2 atom stereocenters. The predicted octanol–water partition coefficient (Wildman–Crippen LogP) is 3.14. The molecule has 6 nitrogen and oxygen atoms in total. The molecule has 126 valence electrons. The fourth-order valence-electron chi connectivity index (χ4n) is 3.10. The summed E-state index contributed by atoms with van der Waals surface area (Å²) < 4.78 is 0. The summed E-state index contributed by atoms with van der Waals surface area (Å²) in [6, 6.07) is 13.2. The molecular formula is C18H15ClN4O2. The number of aryl methyl sites for hydroxylation is 1. The van der Waals surface area contributed by atoms with Gasteiger partial charge in [0.05, 0.1) is 17.3 Å². The lowest BCUT2D eigenvalue weighted by Crippen LogP contribution is -2.39. The van der Waals surface area contributed by atoms with Gasteiger partial charge in [-0.3, -0.25) is 14.6 Å². The lowest BCUT2D eigenvalue weighted by molar-refractivity contribution is -0.123. The maximum atomic E-state index is 12.9. The van der Waals surface area contributed by atoms with Gasteiger partial charge < -0.3 is 0 Å². The minimum atomic E-state index is -0.811. The number of anilines is 1. The third-order valence-corrected chi connectivity index (χ3v) is 4.74. The zero-order valence-corrected chi connectivity index (χ0v) is 14.2. The molecule has 2 aromatic rings. The van der Waals surface area contributed by atoms with Crippen LogP contribution in [0.4, 0.5) is 5.69 Å². The summed E-state index contributed by atoms with van der Waals surface area (Å²) in [7, 11) is 0. The van der Waals surface area contributed by atoms with E-state index in [0.717, 1.165) is 16.0 Å². The Labute approximate surface area is 149 Å². The molecular weight excluding hydrogens is 340 g/mol. The van der Waals surface area contributed by atoms with E-state index in [9.17, 15) is 9.59 Å². The number of hydrogen-bond acceptors (Lipinski definition) is 5. The van der Waals surface area contributed by atoms with Crippen LogP contribution in [-0.2, 0) is 16.1 Å². The second kappa shape index (κ2) is 5.97. The van der Waals surface area contributed by atoms with Gasteiger partial charge in [0.2, 0.25) is 0 Å². The molecule has 0 unspecified atom stereocenters. The van der Waals surface area contributed by atoms with Crippen LogP contribution in [0.2, 0.25) is 5.02 Å². The van der Waals surface area contributed by atoms with Gasteiger partial charge in [0.15, 0.2) is 12.1 Å². The number of rotatable bonds is 3. The number of fused-ring (bicyclic) bond motifs is 1. The summed E-state index contributed by atoms with van der Waals surface area (Å²) in [4.78, 5) is 26.7. The van der Waals surface area contributed by atoms with Gasteiger partial charge >= 0.3 is 0 Å². The number of amides is 2. The van der Waals surface area contributed by atoms with Crippen LogP contribution < -0.4 is 4.90 Å². The minimum absolute atomic E-state index is 0.347. The largest absolute Gasteiger partial charge is 0.271 e. The van der Waals surface area contributed by atoms with Gasteiger partial charge in [0, 0.05) is 0 Å². The summed E-state index contributed by atoms with van der Waals surface area (Å²) in [6.07, 6.45) is 0. The van der Waals surface area contributed by atoms with Crippen molar-refractivity contribution in [3.05, 3.63) is 64.7 Å². The van der Waals surface area contributed by atoms with Crippen LogP contribution >= 0.6 is 11.6 Å². The Balaban J connectivity index is 1.62. The molecule has 2 amide bonds. The van der Waals surface area contributed by atoms with Gasteiger partial charge in [-0.05, 0) is 24.6 Å². The van der Waals surface area contributed by atoms with E-state index in [1.54, 1.807) is 29.3 Å². The van der Waals surface area contributed by atoms with Crippen LogP contribution in [-0.4, -0.2) is 28.9 Å². The highest BCUT2D eigenvalue weighted by Gasteiger charge is 2.55. The molecule has 2 aromatic carbocycles. The van der Waals surface area contributed by atoms with E-state index in [1.807, 2.05) is 31.2 Å². The third kappa shape index (κ3) is 2.59. The van der Waals surface area contributed by atoms with E-state index in [2.05, 4.69) is 10.3 Å². The lowest BCUT2D eigenvalue weighted by atomic mass is 10.1. The molecule has 0 bridgehead atoms. The first-order valence-electron chi connectivity index (χ1n) is 7.91. The topological polar surface area (TPSA) is 65.3 Å². The highest BCUT2D eigenvalue weighted by Crippen LogP contribution is 2.35. The van der Waals surface area contributed by atoms with Crippen LogP contribution in [0.5, 0.6) is 0 Å². The Morgan fingerprint density at radius 1 is 1.04 bits per heavy atom. The number of para-hydroxylation sites is 1. The first-order chi connectivity index (χ1) is 12.1. The van der Waals surface area contributed by atoms with E-state index < -0.39 is 18.0 Å². The molecule has 2 aliphatic heterocycles. The number of halogens is 1. The van der Waals surface area contributed by atoms with E-state index in [1.165, 1.54) is 0 Å². The van der Waals surface area contributed by atoms with Crippen LogP contribution in [0, 0.1) is 6.92 Å². The quantitative estimate of drug-likeness (QED) is 0.795. The van der Waals surface area contributed by atoms with Gasteiger partial charge in [-0.1, -0.05) is 58.8 Å².